The van der Waals surface area contributed by atoms with Crippen molar-refractivity contribution < 1.29 is 4.74 Å². The van der Waals surface area contributed by atoms with E-state index in [-0.39, 0.29) is 0 Å². The summed E-state index contributed by atoms with van der Waals surface area (Å²) in [5.74, 6) is 3.30. The molecule has 0 aliphatic heterocycles. The zero-order valence-electron chi connectivity index (χ0n) is 13.5. The summed E-state index contributed by atoms with van der Waals surface area (Å²) in [5.41, 5.74) is 5.45. The standard InChI is InChI=1S/C20H26O/c1-13-11-14-12-15(21-3)6-7-16(14)17-8-10-20(2)9-4-5-18(20)19(13)17/h5-7,12-13,17,19H,4,8-11H2,1-3H3/t13-,17-,19-,20+/m1/s1. The predicted octanol–water partition coefficient (Wildman–Crippen LogP) is 5.11. The summed E-state index contributed by atoms with van der Waals surface area (Å²) in [7, 11) is 1.77. The van der Waals surface area contributed by atoms with Gasteiger partial charge >= 0.3 is 0 Å². The number of methoxy groups -OCH3 is 1. The van der Waals surface area contributed by atoms with Crippen molar-refractivity contribution in [2.75, 3.05) is 7.11 Å². The van der Waals surface area contributed by atoms with Crippen molar-refractivity contribution in [3.05, 3.63) is 41.0 Å². The van der Waals surface area contributed by atoms with E-state index in [9.17, 15) is 0 Å². The van der Waals surface area contributed by atoms with E-state index in [1.165, 1.54) is 37.7 Å². The van der Waals surface area contributed by atoms with E-state index in [1.54, 1.807) is 18.2 Å². The van der Waals surface area contributed by atoms with E-state index in [2.05, 4.69) is 38.1 Å². The normalized spacial score (nSPS) is 37.3. The van der Waals surface area contributed by atoms with Gasteiger partial charge in [0, 0.05) is 0 Å². The largest absolute Gasteiger partial charge is 0.497 e. The maximum Gasteiger partial charge on any atom is 0.119 e. The zero-order chi connectivity index (χ0) is 14.6. The molecule has 1 nitrogen and oxygen atoms in total. The van der Waals surface area contributed by atoms with Crippen molar-refractivity contribution in [2.45, 2.75) is 51.9 Å². The van der Waals surface area contributed by atoms with Gasteiger partial charge < -0.3 is 4.74 Å². The molecule has 1 aromatic carbocycles. The molecule has 21 heavy (non-hydrogen) atoms. The lowest BCUT2D eigenvalue weighted by atomic mass is 9.56. The van der Waals surface area contributed by atoms with Crippen LogP contribution < -0.4 is 4.74 Å². The first-order valence-corrected chi connectivity index (χ1v) is 8.50. The van der Waals surface area contributed by atoms with E-state index < -0.39 is 0 Å². The highest BCUT2D eigenvalue weighted by Gasteiger charge is 2.48. The summed E-state index contributed by atoms with van der Waals surface area (Å²) < 4.78 is 5.43. The molecule has 0 amide bonds. The average molecular weight is 282 g/mol. The first kappa shape index (κ1) is 13.4. The Morgan fingerprint density at radius 2 is 2.10 bits per heavy atom. The van der Waals surface area contributed by atoms with E-state index >= 15 is 0 Å². The molecule has 0 bridgehead atoms. The molecular weight excluding hydrogens is 256 g/mol. The Kier molecular flexibility index (Phi) is 2.96. The van der Waals surface area contributed by atoms with Crippen LogP contribution in [0.1, 0.15) is 56.6 Å². The number of hydrogen-bond acceptors (Lipinski definition) is 1. The topological polar surface area (TPSA) is 9.23 Å². The quantitative estimate of drug-likeness (QED) is 0.651. The first-order valence-electron chi connectivity index (χ1n) is 8.50. The minimum Gasteiger partial charge on any atom is -0.497 e. The number of fused-ring (bicyclic) bond motifs is 5. The summed E-state index contributed by atoms with van der Waals surface area (Å²) in [4.78, 5) is 0. The molecule has 112 valence electrons. The molecule has 0 spiro atoms. The molecule has 4 atom stereocenters. The first-order chi connectivity index (χ1) is 10.1. The lowest BCUT2D eigenvalue weighted by Crippen LogP contribution is -2.38. The third kappa shape index (κ3) is 1.89. The van der Waals surface area contributed by atoms with Crippen molar-refractivity contribution in [2.24, 2.45) is 17.3 Å². The lowest BCUT2D eigenvalue weighted by molar-refractivity contribution is 0.180. The van der Waals surface area contributed by atoms with Gasteiger partial charge in [0.25, 0.3) is 0 Å². The number of hydrogen-bond donors (Lipinski definition) is 0. The minimum atomic E-state index is 0.513. The molecular formula is C20H26O. The summed E-state index contributed by atoms with van der Waals surface area (Å²) in [6, 6.07) is 6.78. The Balaban J connectivity index is 1.77. The monoisotopic (exact) mass is 282 g/mol. The highest BCUT2D eigenvalue weighted by atomic mass is 16.5. The fraction of sp³-hybridized carbons (Fsp3) is 0.600. The highest BCUT2D eigenvalue weighted by molar-refractivity contribution is 5.44. The molecule has 0 heterocycles. The van der Waals surface area contributed by atoms with Crippen LogP contribution in [-0.2, 0) is 6.42 Å². The third-order valence-corrected chi connectivity index (χ3v) is 6.46. The minimum absolute atomic E-state index is 0.513. The van der Waals surface area contributed by atoms with Gasteiger partial charge in [0.1, 0.15) is 5.75 Å². The van der Waals surface area contributed by atoms with Gasteiger partial charge in [0.15, 0.2) is 0 Å². The van der Waals surface area contributed by atoms with Gasteiger partial charge in [0.05, 0.1) is 7.11 Å². The predicted molar refractivity (Wildman–Crippen MR) is 86.8 cm³/mol. The number of ether oxygens (including phenoxy) is 1. The SMILES string of the molecule is COc1ccc2c(c1)C[C@@H](C)[C@H]1C3=CCC[C@@]3(C)CC[C@H]21. The maximum absolute atomic E-state index is 5.43. The van der Waals surface area contributed by atoms with E-state index in [0.29, 0.717) is 5.41 Å². The van der Waals surface area contributed by atoms with Gasteiger partial charge in [0.2, 0.25) is 0 Å². The molecule has 1 saturated carbocycles. The van der Waals surface area contributed by atoms with Crippen LogP contribution in [0.4, 0.5) is 0 Å². The molecule has 0 radical (unpaired) electrons. The number of allylic oxidation sites excluding steroid dienone is 2. The van der Waals surface area contributed by atoms with E-state index in [4.69, 9.17) is 4.74 Å². The molecule has 3 aliphatic carbocycles. The van der Waals surface area contributed by atoms with Crippen molar-refractivity contribution in [3.8, 4) is 5.75 Å². The average Bonchev–Trinajstić information content (AvgIpc) is 2.88. The second-order valence-corrected chi connectivity index (χ2v) is 7.68. The smallest absolute Gasteiger partial charge is 0.119 e. The van der Waals surface area contributed by atoms with Crippen molar-refractivity contribution in [1.82, 2.24) is 0 Å². The Hall–Kier alpha value is -1.24. The zero-order valence-corrected chi connectivity index (χ0v) is 13.5. The summed E-state index contributed by atoms with van der Waals surface area (Å²) in [5, 5.41) is 0. The molecule has 0 N–H and O–H groups in total. The Morgan fingerprint density at radius 1 is 1.24 bits per heavy atom. The molecule has 0 aromatic heterocycles. The van der Waals surface area contributed by atoms with Crippen LogP contribution in [0.3, 0.4) is 0 Å². The number of rotatable bonds is 1. The van der Waals surface area contributed by atoms with Gasteiger partial charge in [-0.15, -0.1) is 0 Å². The van der Waals surface area contributed by atoms with Crippen LogP contribution in [-0.4, -0.2) is 7.11 Å². The fourth-order valence-electron chi connectivity index (χ4n) is 5.39. The van der Waals surface area contributed by atoms with Gasteiger partial charge in [-0.2, -0.15) is 0 Å². The third-order valence-electron chi connectivity index (χ3n) is 6.46. The molecule has 0 saturated heterocycles. The van der Waals surface area contributed by atoms with Gasteiger partial charge in [-0.3, -0.25) is 0 Å². The lowest BCUT2D eigenvalue weighted by Gasteiger charge is -2.49. The van der Waals surface area contributed by atoms with Crippen LogP contribution in [0, 0.1) is 17.3 Å². The number of benzene rings is 1. The Bertz CT molecular complexity index is 600. The fourth-order valence-corrected chi connectivity index (χ4v) is 5.39. The molecule has 1 heteroatoms. The van der Waals surface area contributed by atoms with Gasteiger partial charge in [-0.05, 0) is 78.5 Å². The van der Waals surface area contributed by atoms with Crippen LogP contribution in [0.2, 0.25) is 0 Å². The van der Waals surface area contributed by atoms with Gasteiger partial charge in [-0.25, -0.2) is 0 Å². The molecule has 1 fully saturated rings. The highest BCUT2D eigenvalue weighted by Crippen LogP contribution is 2.59. The van der Waals surface area contributed by atoms with Gasteiger partial charge in [-0.1, -0.05) is 31.6 Å². The van der Waals surface area contributed by atoms with Crippen LogP contribution in [0.25, 0.3) is 0 Å². The Morgan fingerprint density at radius 3 is 2.90 bits per heavy atom. The van der Waals surface area contributed by atoms with Crippen LogP contribution in [0.5, 0.6) is 5.75 Å². The Labute approximate surface area is 128 Å². The van der Waals surface area contributed by atoms with Crippen molar-refractivity contribution in [1.29, 1.82) is 0 Å². The van der Waals surface area contributed by atoms with Crippen LogP contribution in [0.15, 0.2) is 29.8 Å². The summed E-state index contributed by atoms with van der Waals surface area (Å²) >= 11 is 0. The van der Waals surface area contributed by atoms with E-state index in [1.807, 2.05) is 0 Å². The van der Waals surface area contributed by atoms with Crippen molar-refractivity contribution in [3.63, 3.8) is 0 Å². The van der Waals surface area contributed by atoms with Crippen molar-refractivity contribution >= 4 is 0 Å². The second-order valence-electron chi connectivity index (χ2n) is 7.68. The maximum atomic E-state index is 5.43. The summed E-state index contributed by atoms with van der Waals surface area (Å²) in [6.45, 7) is 4.98. The molecule has 0 unspecified atom stereocenters. The van der Waals surface area contributed by atoms with Crippen LogP contribution >= 0.6 is 0 Å². The molecule has 4 rings (SSSR count). The molecule has 3 aliphatic rings. The second kappa shape index (κ2) is 4.63. The molecule has 1 aromatic rings. The summed E-state index contributed by atoms with van der Waals surface area (Å²) in [6.07, 6.45) is 9.22. The van der Waals surface area contributed by atoms with E-state index in [0.717, 1.165) is 23.5 Å².